The topological polar surface area (TPSA) is 99.8 Å². The van der Waals surface area contributed by atoms with Crippen LogP contribution < -0.4 is 20.7 Å². The van der Waals surface area contributed by atoms with Crippen LogP contribution in [0.3, 0.4) is 0 Å². The van der Waals surface area contributed by atoms with Crippen LogP contribution in [0.4, 0.5) is 0 Å². The van der Waals surface area contributed by atoms with Crippen molar-refractivity contribution in [1.29, 1.82) is 0 Å². The summed E-state index contributed by atoms with van der Waals surface area (Å²) in [5.74, 6) is 1.29. The Morgan fingerprint density at radius 2 is 2.03 bits per heavy atom. The molecule has 5 aliphatic rings. The number of nitrogens with one attached hydrogen (secondary N) is 3. The molecule has 7 rings (SSSR count). The van der Waals surface area contributed by atoms with Crippen molar-refractivity contribution < 1.29 is 19.1 Å². The van der Waals surface area contributed by atoms with E-state index in [1.807, 2.05) is 30.3 Å². The number of amides is 2. The van der Waals surface area contributed by atoms with Gasteiger partial charge >= 0.3 is 0 Å². The van der Waals surface area contributed by atoms with Crippen molar-refractivity contribution in [2.75, 3.05) is 20.1 Å². The molecular weight excluding hydrogens is 492 g/mol. The zero-order chi connectivity index (χ0) is 26.9. The van der Waals surface area contributed by atoms with Gasteiger partial charge in [-0.05, 0) is 68.0 Å². The lowest BCUT2D eigenvalue weighted by Crippen LogP contribution is -2.65. The molecule has 39 heavy (non-hydrogen) atoms. The minimum atomic E-state index is -0.469. The van der Waals surface area contributed by atoms with E-state index in [9.17, 15) is 14.4 Å². The molecule has 3 N–H and O–H groups in total. The van der Waals surface area contributed by atoms with Crippen molar-refractivity contribution in [1.82, 2.24) is 20.9 Å². The van der Waals surface area contributed by atoms with E-state index in [0.717, 1.165) is 42.5 Å². The fourth-order valence-electron chi connectivity index (χ4n) is 7.66. The fraction of sp³-hybridized carbons (Fsp3) is 0.387. The van der Waals surface area contributed by atoms with Gasteiger partial charge in [0.05, 0.1) is 11.1 Å². The number of benzene rings is 2. The third kappa shape index (κ3) is 3.58. The number of ether oxygens (including phenoxy) is 1. The number of carbonyl (C=O) groups is 3. The molecule has 0 radical (unpaired) electrons. The van der Waals surface area contributed by atoms with Crippen molar-refractivity contribution in [3.63, 3.8) is 0 Å². The molecule has 4 atom stereocenters. The molecular formula is C31H32N4O4. The van der Waals surface area contributed by atoms with E-state index in [1.54, 1.807) is 6.20 Å². The van der Waals surface area contributed by atoms with Gasteiger partial charge in [-0.2, -0.15) is 0 Å². The second kappa shape index (κ2) is 8.81. The van der Waals surface area contributed by atoms with Gasteiger partial charge in [0.2, 0.25) is 0 Å². The summed E-state index contributed by atoms with van der Waals surface area (Å²) < 4.78 is 6.45. The molecule has 2 aromatic carbocycles. The number of nitrogens with zero attached hydrogens (tertiary/aromatic N) is 1. The van der Waals surface area contributed by atoms with E-state index in [-0.39, 0.29) is 23.0 Å². The van der Waals surface area contributed by atoms with Crippen molar-refractivity contribution in [2.45, 2.75) is 49.7 Å². The van der Waals surface area contributed by atoms with Gasteiger partial charge < -0.3 is 25.6 Å². The fourth-order valence-corrected chi connectivity index (χ4v) is 7.66. The summed E-state index contributed by atoms with van der Waals surface area (Å²) in [5.41, 5.74) is 5.01. The maximum Gasteiger partial charge on any atom is 0.258 e. The SMILES string of the molecule is C=C1NC=C(c2ccc(CCNC(=O)c3ccc4c5c3O[C@H]3C(=O)CCC6[C@@H](C4)N(C)CC[C@@]563)cc2)C(=O)N1. The predicted octanol–water partition coefficient (Wildman–Crippen LogP) is 2.43. The zero-order valence-corrected chi connectivity index (χ0v) is 22.0. The van der Waals surface area contributed by atoms with Gasteiger partial charge in [-0.3, -0.25) is 14.4 Å². The summed E-state index contributed by atoms with van der Waals surface area (Å²) in [7, 11) is 2.19. The molecule has 2 bridgehead atoms. The first-order valence-electron chi connectivity index (χ1n) is 13.8. The Labute approximate surface area is 227 Å². The molecule has 1 unspecified atom stereocenters. The highest BCUT2D eigenvalue weighted by Gasteiger charge is 2.65. The average Bonchev–Trinajstić information content (AvgIpc) is 3.28. The van der Waals surface area contributed by atoms with Gasteiger partial charge in [0.15, 0.2) is 11.9 Å². The first kappa shape index (κ1) is 24.2. The number of hydrogen-bond acceptors (Lipinski definition) is 6. The first-order chi connectivity index (χ1) is 18.9. The van der Waals surface area contributed by atoms with Crippen LogP contribution in [0.5, 0.6) is 5.75 Å². The predicted molar refractivity (Wildman–Crippen MR) is 146 cm³/mol. The van der Waals surface area contributed by atoms with Gasteiger partial charge in [0, 0.05) is 36.2 Å². The Morgan fingerprint density at radius 3 is 2.82 bits per heavy atom. The van der Waals surface area contributed by atoms with Crippen LogP contribution in [0.2, 0.25) is 0 Å². The van der Waals surface area contributed by atoms with Crippen molar-refractivity contribution in [3.8, 4) is 5.75 Å². The molecule has 8 nitrogen and oxygen atoms in total. The third-order valence-electron chi connectivity index (χ3n) is 9.52. The van der Waals surface area contributed by atoms with Crippen LogP contribution in [0.15, 0.2) is 55.0 Å². The van der Waals surface area contributed by atoms with Crippen LogP contribution in [0.1, 0.15) is 51.9 Å². The van der Waals surface area contributed by atoms with E-state index < -0.39 is 6.10 Å². The van der Waals surface area contributed by atoms with Gasteiger partial charge in [0.25, 0.3) is 11.8 Å². The largest absolute Gasteiger partial charge is 0.481 e. The summed E-state index contributed by atoms with van der Waals surface area (Å²) in [6.07, 6.45) is 5.12. The molecule has 8 heteroatoms. The normalized spacial score (nSPS) is 28.6. The van der Waals surface area contributed by atoms with E-state index in [1.165, 1.54) is 5.56 Å². The van der Waals surface area contributed by atoms with Crippen molar-refractivity contribution in [3.05, 3.63) is 82.8 Å². The van der Waals surface area contributed by atoms with Crippen molar-refractivity contribution >= 4 is 23.2 Å². The third-order valence-corrected chi connectivity index (χ3v) is 9.52. The standard InChI is InChI=1S/C31H32N4O4/c1-17-33-16-22(30(38)34-17)19-5-3-18(4-6-19)11-13-32-29(37)21-8-7-20-15-24-23-9-10-25(36)28-31(23,12-14-35(24)2)26(20)27(21)39-28/h3-8,16,23-24,28,33H,1,9-15H2,2H3,(H,32,37)(H,34,38)/t23?,24-,28+,31+/m1/s1. The molecule has 0 aromatic heterocycles. The maximum absolute atomic E-state index is 13.4. The maximum atomic E-state index is 13.4. The molecule has 3 aliphatic heterocycles. The molecule has 1 spiro atoms. The van der Waals surface area contributed by atoms with Gasteiger partial charge in [0.1, 0.15) is 11.6 Å². The van der Waals surface area contributed by atoms with Crippen LogP contribution in [-0.4, -0.2) is 54.8 Å². The number of likely N-dealkylation sites (tertiary alicyclic amines) is 1. The molecule has 2 fully saturated rings. The second-order valence-corrected chi connectivity index (χ2v) is 11.5. The lowest BCUT2D eigenvalue weighted by molar-refractivity contribution is -0.138. The lowest BCUT2D eigenvalue weighted by Gasteiger charge is -2.57. The highest BCUT2D eigenvalue weighted by atomic mass is 16.5. The molecule has 3 heterocycles. The van der Waals surface area contributed by atoms with E-state index in [0.29, 0.717) is 54.1 Å². The number of likely N-dealkylation sites (N-methyl/N-ethyl adjacent to an activating group) is 1. The average molecular weight is 525 g/mol. The molecule has 2 aromatic rings. The zero-order valence-electron chi connectivity index (χ0n) is 22.0. The summed E-state index contributed by atoms with van der Waals surface area (Å²) >= 11 is 0. The number of hydrogen-bond donors (Lipinski definition) is 3. The smallest absolute Gasteiger partial charge is 0.258 e. The van der Waals surface area contributed by atoms with Gasteiger partial charge in [-0.1, -0.05) is 36.9 Å². The second-order valence-electron chi connectivity index (χ2n) is 11.5. The Kier molecular flexibility index (Phi) is 5.46. The van der Waals surface area contributed by atoms with Crippen LogP contribution >= 0.6 is 0 Å². The minimum absolute atomic E-state index is 0.172. The molecule has 2 aliphatic carbocycles. The quantitative estimate of drug-likeness (QED) is 0.556. The Balaban J connectivity index is 1.08. The van der Waals surface area contributed by atoms with E-state index in [4.69, 9.17) is 4.74 Å². The molecule has 2 amide bonds. The van der Waals surface area contributed by atoms with E-state index in [2.05, 4.69) is 40.5 Å². The number of carbonyl (C=O) groups excluding carboxylic acids is 3. The minimum Gasteiger partial charge on any atom is -0.481 e. The summed E-state index contributed by atoms with van der Waals surface area (Å²) in [6, 6.07) is 12.1. The van der Waals surface area contributed by atoms with Crippen LogP contribution in [-0.2, 0) is 27.8 Å². The van der Waals surface area contributed by atoms with Crippen LogP contribution in [0.25, 0.3) is 5.57 Å². The number of rotatable bonds is 5. The highest BCUT2D eigenvalue weighted by Crippen LogP contribution is 2.61. The summed E-state index contributed by atoms with van der Waals surface area (Å²) in [5, 5.41) is 8.66. The molecule has 1 saturated heterocycles. The molecule has 1 saturated carbocycles. The Hall–Kier alpha value is -3.91. The Bertz CT molecular complexity index is 1460. The van der Waals surface area contributed by atoms with Crippen molar-refractivity contribution in [2.24, 2.45) is 5.92 Å². The van der Waals surface area contributed by atoms with Crippen LogP contribution in [0, 0.1) is 5.92 Å². The summed E-state index contributed by atoms with van der Waals surface area (Å²) in [6.45, 7) is 5.10. The number of piperidine rings is 1. The summed E-state index contributed by atoms with van der Waals surface area (Å²) in [4.78, 5) is 41.1. The monoisotopic (exact) mass is 524 g/mol. The Morgan fingerprint density at radius 1 is 1.21 bits per heavy atom. The lowest BCUT2D eigenvalue weighted by atomic mass is 9.51. The molecule has 200 valence electrons. The first-order valence-corrected chi connectivity index (χ1v) is 13.8. The number of ketones is 1. The van der Waals surface area contributed by atoms with Gasteiger partial charge in [-0.15, -0.1) is 0 Å². The highest BCUT2D eigenvalue weighted by molar-refractivity contribution is 6.20. The van der Waals surface area contributed by atoms with Gasteiger partial charge in [-0.25, -0.2) is 0 Å². The van der Waals surface area contributed by atoms with E-state index >= 15 is 0 Å². The number of Topliss-reactive ketones (excluding diaryl/α,β-unsaturated/α-hetero) is 1.